The molecule has 0 radical (unpaired) electrons. The summed E-state index contributed by atoms with van der Waals surface area (Å²) in [5.41, 5.74) is -1.12. The maximum Gasteiger partial charge on any atom is 0.433 e. The third-order valence-electron chi connectivity index (χ3n) is 4.36. The number of rotatable bonds is 4. The van der Waals surface area contributed by atoms with Crippen LogP contribution in [0.15, 0.2) is 35.6 Å². The predicted octanol–water partition coefficient (Wildman–Crippen LogP) is 1.89. The van der Waals surface area contributed by atoms with Crippen molar-refractivity contribution in [3.05, 3.63) is 42.2 Å². The van der Waals surface area contributed by atoms with Gasteiger partial charge in [0.15, 0.2) is 0 Å². The molecule has 1 N–H and O–H groups in total. The van der Waals surface area contributed by atoms with Crippen LogP contribution in [0.25, 0.3) is 0 Å². The highest BCUT2D eigenvalue weighted by atomic mass is 32.2. The number of piperazine rings is 1. The van der Waals surface area contributed by atoms with Crippen LogP contribution >= 0.6 is 0 Å². The number of imidazole rings is 1. The molecule has 0 spiro atoms. The summed E-state index contributed by atoms with van der Waals surface area (Å²) in [5.74, 6) is 0.650. The number of nitrogens with one attached hydrogen (secondary N) is 1. The van der Waals surface area contributed by atoms with Gasteiger partial charge in [0.2, 0.25) is 10.0 Å². The van der Waals surface area contributed by atoms with Crippen LogP contribution in [0.2, 0.25) is 0 Å². The summed E-state index contributed by atoms with van der Waals surface area (Å²) in [6.45, 7) is 3.59. The van der Waals surface area contributed by atoms with Crippen molar-refractivity contribution in [3.8, 4) is 0 Å². The number of hydrogen-bond acceptors (Lipinski definition) is 5. The van der Waals surface area contributed by atoms with Crippen molar-refractivity contribution >= 4 is 10.0 Å². The Kier molecular flexibility index (Phi) is 5.04. The van der Waals surface area contributed by atoms with E-state index in [1.54, 1.807) is 12.4 Å². The summed E-state index contributed by atoms with van der Waals surface area (Å²) in [4.78, 5) is 12.3. The van der Waals surface area contributed by atoms with Crippen molar-refractivity contribution in [1.82, 2.24) is 24.2 Å². The fourth-order valence-electron chi connectivity index (χ4n) is 2.96. The van der Waals surface area contributed by atoms with Gasteiger partial charge in [-0.15, -0.1) is 0 Å². The van der Waals surface area contributed by atoms with E-state index >= 15 is 0 Å². The van der Waals surface area contributed by atoms with Crippen LogP contribution in [-0.4, -0.2) is 58.8 Å². The smallest absolute Gasteiger partial charge is 0.347 e. The van der Waals surface area contributed by atoms with Crippen LogP contribution in [0.4, 0.5) is 13.2 Å². The quantitative estimate of drug-likeness (QED) is 0.864. The first kappa shape index (κ1) is 18.8. The van der Waals surface area contributed by atoms with Crippen LogP contribution < -0.4 is 0 Å². The molecule has 0 bridgehead atoms. The van der Waals surface area contributed by atoms with Gasteiger partial charge in [0, 0.05) is 38.2 Å². The van der Waals surface area contributed by atoms with E-state index in [-0.39, 0.29) is 24.0 Å². The Hall–Kier alpha value is -1.98. The third-order valence-corrected chi connectivity index (χ3v) is 6.21. The van der Waals surface area contributed by atoms with Crippen molar-refractivity contribution < 1.29 is 21.6 Å². The number of alkyl halides is 3. The van der Waals surface area contributed by atoms with E-state index in [0.29, 0.717) is 18.4 Å². The molecule has 0 aliphatic carbocycles. The third kappa shape index (κ3) is 3.60. The molecule has 2 aromatic heterocycles. The molecule has 3 rings (SSSR count). The first-order valence-corrected chi connectivity index (χ1v) is 9.44. The number of aromatic amines is 1. The molecule has 0 saturated carbocycles. The Morgan fingerprint density at radius 1 is 1.27 bits per heavy atom. The Morgan fingerprint density at radius 3 is 2.58 bits per heavy atom. The Labute approximate surface area is 148 Å². The van der Waals surface area contributed by atoms with E-state index in [4.69, 9.17) is 0 Å². The second kappa shape index (κ2) is 6.97. The molecule has 11 heteroatoms. The van der Waals surface area contributed by atoms with E-state index in [1.165, 1.54) is 4.31 Å². The van der Waals surface area contributed by atoms with E-state index in [1.807, 2.05) is 6.92 Å². The van der Waals surface area contributed by atoms with E-state index in [9.17, 15) is 21.6 Å². The standard InChI is InChI=1S/C15H18F3N5O2S/c1-2-22-7-8-23(10-12(22)14-19-5-6-20-14)26(24,25)11-3-4-13(21-9-11)15(16,17)18/h3-6,9,12H,2,7-8,10H2,1H3,(H,19,20). The molecule has 0 amide bonds. The summed E-state index contributed by atoms with van der Waals surface area (Å²) in [7, 11) is -3.94. The Balaban J connectivity index is 1.85. The van der Waals surface area contributed by atoms with Crippen molar-refractivity contribution in [1.29, 1.82) is 0 Å². The number of halogens is 3. The number of sulfonamides is 1. The highest BCUT2D eigenvalue weighted by Crippen LogP contribution is 2.30. The highest BCUT2D eigenvalue weighted by molar-refractivity contribution is 7.89. The van der Waals surface area contributed by atoms with Gasteiger partial charge in [-0.25, -0.2) is 13.4 Å². The predicted molar refractivity (Wildman–Crippen MR) is 86.6 cm³/mol. The minimum atomic E-state index is -4.61. The number of likely N-dealkylation sites (N-methyl/N-ethyl adjacent to an activating group) is 1. The van der Waals surface area contributed by atoms with Gasteiger partial charge in [-0.05, 0) is 18.7 Å². The van der Waals surface area contributed by atoms with Crippen LogP contribution in [0.3, 0.4) is 0 Å². The highest BCUT2D eigenvalue weighted by Gasteiger charge is 2.37. The van der Waals surface area contributed by atoms with E-state index in [2.05, 4.69) is 19.9 Å². The molecule has 7 nitrogen and oxygen atoms in total. The Morgan fingerprint density at radius 2 is 2.04 bits per heavy atom. The van der Waals surface area contributed by atoms with E-state index in [0.717, 1.165) is 18.8 Å². The lowest BCUT2D eigenvalue weighted by molar-refractivity contribution is -0.141. The monoisotopic (exact) mass is 389 g/mol. The van der Waals surface area contributed by atoms with Crippen LogP contribution in [0.5, 0.6) is 0 Å². The van der Waals surface area contributed by atoms with Gasteiger partial charge >= 0.3 is 6.18 Å². The lowest BCUT2D eigenvalue weighted by atomic mass is 10.2. The summed E-state index contributed by atoms with van der Waals surface area (Å²) < 4.78 is 64.8. The molecule has 2 aromatic rings. The molecule has 1 unspecified atom stereocenters. The molecule has 1 aliphatic heterocycles. The molecule has 1 saturated heterocycles. The summed E-state index contributed by atoms with van der Waals surface area (Å²) in [5, 5.41) is 0. The van der Waals surface area contributed by atoms with Crippen molar-refractivity contribution in [2.45, 2.75) is 24.0 Å². The molecular formula is C15H18F3N5O2S. The van der Waals surface area contributed by atoms with Crippen molar-refractivity contribution in [3.63, 3.8) is 0 Å². The molecular weight excluding hydrogens is 371 g/mol. The van der Waals surface area contributed by atoms with Crippen LogP contribution in [-0.2, 0) is 16.2 Å². The number of aromatic nitrogens is 3. The summed E-state index contributed by atoms with van der Waals surface area (Å²) in [6.07, 6.45) is -0.599. The zero-order chi connectivity index (χ0) is 18.9. The number of nitrogens with zero attached hydrogens (tertiary/aromatic N) is 4. The number of pyridine rings is 1. The maximum atomic E-state index is 12.8. The van der Waals surface area contributed by atoms with Gasteiger partial charge in [-0.2, -0.15) is 17.5 Å². The topological polar surface area (TPSA) is 82.2 Å². The van der Waals surface area contributed by atoms with Gasteiger partial charge in [0.05, 0.1) is 6.04 Å². The summed E-state index contributed by atoms with van der Waals surface area (Å²) in [6, 6.07) is 1.37. The molecule has 26 heavy (non-hydrogen) atoms. The van der Waals surface area contributed by atoms with Crippen LogP contribution in [0, 0.1) is 0 Å². The lowest BCUT2D eigenvalue weighted by Crippen LogP contribution is -2.50. The Bertz CT molecular complexity index is 837. The second-order valence-electron chi connectivity index (χ2n) is 5.86. The van der Waals surface area contributed by atoms with Gasteiger partial charge in [-0.3, -0.25) is 9.88 Å². The second-order valence-corrected chi connectivity index (χ2v) is 7.80. The summed E-state index contributed by atoms with van der Waals surface area (Å²) >= 11 is 0. The fraction of sp³-hybridized carbons (Fsp3) is 0.467. The maximum absolute atomic E-state index is 12.8. The minimum absolute atomic E-state index is 0.157. The molecule has 0 aromatic carbocycles. The molecule has 1 atom stereocenters. The first-order valence-electron chi connectivity index (χ1n) is 8.00. The van der Waals surface area contributed by atoms with Gasteiger partial charge in [-0.1, -0.05) is 6.92 Å². The largest absolute Gasteiger partial charge is 0.433 e. The average Bonchev–Trinajstić information content (AvgIpc) is 3.15. The van der Waals surface area contributed by atoms with E-state index < -0.39 is 21.9 Å². The fourth-order valence-corrected chi connectivity index (χ4v) is 4.34. The normalized spacial score (nSPS) is 20.4. The molecule has 1 fully saturated rings. The SMILES string of the molecule is CCN1CCN(S(=O)(=O)c2ccc(C(F)(F)F)nc2)CC1c1ncc[nH]1. The number of hydrogen-bond donors (Lipinski definition) is 1. The van der Waals surface area contributed by atoms with Gasteiger partial charge < -0.3 is 4.98 Å². The van der Waals surface area contributed by atoms with Gasteiger partial charge in [0.25, 0.3) is 0 Å². The zero-order valence-electron chi connectivity index (χ0n) is 13.9. The first-order chi connectivity index (χ1) is 12.2. The van der Waals surface area contributed by atoms with Crippen LogP contribution in [0.1, 0.15) is 24.5 Å². The van der Waals surface area contributed by atoms with Gasteiger partial charge in [0.1, 0.15) is 16.4 Å². The minimum Gasteiger partial charge on any atom is -0.347 e. The lowest BCUT2D eigenvalue weighted by Gasteiger charge is -2.39. The zero-order valence-corrected chi connectivity index (χ0v) is 14.8. The number of H-pyrrole nitrogens is 1. The van der Waals surface area contributed by atoms with Crippen molar-refractivity contribution in [2.75, 3.05) is 26.2 Å². The molecule has 142 valence electrons. The molecule has 3 heterocycles. The average molecular weight is 389 g/mol. The molecule has 1 aliphatic rings. The van der Waals surface area contributed by atoms with Crippen molar-refractivity contribution in [2.24, 2.45) is 0 Å².